The molecule has 1 saturated heterocycles. The molecule has 152 valence electrons. The number of urea groups is 1. The molecule has 1 atom stereocenters. The van der Waals surface area contributed by atoms with Crippen LogP contribution in [0.2, 0.25) is 0 Å². The average molecular weight is 389 g/mol. The highest BCUT2D eigenvalue weighted by Gasteiger charge is 2.47. The number of benzene rings is 1. The van der Waals surface area contributed by atoms with Gasteiger partial charge in [-0.15, -0.1) is 0 Å². The van der Waals surface area contributed by atoms with Crippen molar-refractivity contribution >= 4 is 29.5 Å². The second kappa shape index (κ2) is 8.86. The summed E-state index contributed by atoms with van der Waals surface area (Å²) in [5.41, 5.74) is 1.51. The Kier molecular flexibility index (Phi) is 6.77. The van der Waals surface area contributed by atoms with Crippen molar-refractivity contribution in [3.63, 3.8) is 0 Å². The zero-order valence-corrected chi connectivity index (χ0v) is 16.8. The first-order valence-electron chi connectivity index (χ1n) is 9.33. The highest BCUT2D eigenvalue weighted by Crippen LogP contribution is 2.23. The van der Waals surface area contributed by atoms with Crippen LogP contribution in [0.1, 0.15) is 44.2 Å². The first-order valence-corrected chi connectivity index (χ1v) is 9.33. The lowest BCUT2D eigenvalue weighted by atomic mass is 9.95. The Bertz CT molecular complexity index is 792. The van der Waals surface area contributed by atoms with Crippen LogP contribution in [0.15, 0.2) is 18.2 Å². The summed E-state index contributed by atoms with van der Waals surface area (Å²) in [7, 11) is 0. The first-order chi connectivity index (χ1) is 13.2. The van der Waals surface area contributed by atoms with Crippen molar-refractivity contribution in [1.82, 2.24) is 10.2 Å². The third-order valence-electron chi connectivity index (χ3n) is 4.69. The Morgan fingerprint density at radius 3 is 2.64 bits per heavy atom. The standard InChI is InChI=1S/C20H27N3O5/c1-5-6-9-20(4)18(26)23(19(27)22-20)11-17(25)28-12-16(24)21-15-10-13(2)7-8-14(15)3/h7-8,10H,5-6,9,11-12H2,1-4H3,(H,21,24)(H,22,27)/t20-/m0/s1. The van der Waals surface area contributed by atoms with Crippen molar-refractivity contribution in [2.24, 2.45) is 0 Å². The number of hydrogen-bond acceptors (Lipinski definition) is 5. The molecule has 8 nitrogen and oxygen atoms in total. The Labute approximate surface area is 164 Å². The van der Waals surface area contributed by atoms with Gasteiger partial charge in [-0.25, -0.2) is 4.79 Å². The van der Waals surface area contributed by atoms with Crippen LogP contribution in [0.3, 0.4) is 0 Å². The topological polar surface area (TPSA) is 105 Å². The summed E-state index contributed by atoms with van der Waals surface area (Å²) in [5, 5.41) is 5.31. The van der Waals surface area contributed by atoms with Gasteiger partial charge in [0.1, 0.15) is 12.1 Å². The maximum atomic E-state index is 12.5. The number of nitrogens with zero attached hydrogens (tertiary/aromatic N) is 1. The van der Waals surface area contributed by atoms with E-state index in [9.17, 15) is 19.2 Å². The van der Waals surface area contributed by atoms with E-state index in [1.165, 1.54) is 0 Å². The average Bonchev–Trinajstić information content (AvgIpc) is 2.85. The minimum Gasteiger partial charge on any atom is -0.454 e. The minimum atomic E-state index is -1.01. The Hall–Kier alpha value is -2.90. The predicted octanol–water partition coefficient (Wildman–Crippen LogP) is 2.29. The molecule has 2 rings (SSSR count). The van der Waals surface area contributed by atoms with Crippen LogP contribution in [0.5, 0.6) is 0 Å². The molecule has 0 bridgehead atoms. The van der Waals surface area contributed by atoms with Gasteiger partial charge in [0.2, 0.25) is 0 Å². The molecule has 28 heavy (non-hydrogen) atoms. The summed E-state index contributed by atoms with van der Waals surface area (Å²) in [6.07, 6.45) is 2.16. The fourth-order valence-corrected chi connectivity index (χ4v) is 2.97. The van der Waals surface area contributed by atoms with Crippen LogP contribution in [0.4, 0.5) is 10.5 Å². The summed E-state index contributed by atoms with van der Waals surface area (Å²) in [6.45, 7) is 6.37. The number of imide groups is 1. The molecule has 0 unspecified atom stereocenters. The van der Waals surface area contributed by atoms with Gasteiger partial charge >= 0.3 is 12.0 Å². The van der Waals surface area contributed by atoms with E-state index in [1.807, 2.05) is 39.0 Å². The number of amides is 4. The fourth-order valence-electron chi connectivity index (χ4n) is 2.97. The summed E-state index contributed by atoms with van der Waals surface area (Å²) in [5.74, 6) is -1.77. The van der Waals surface area contributed by atoms with Gasteiger partial charge in [0, 0.05) is 5.69 Å². The van der Waals surface area contributed by atoms with Crippen LogP contribution in [0, 0.1) is 13.8 Å². The van der Waals surface area contributed by atoms with Crippen LogP contribution < -0.4 is 10.6 Å². The number of unbranched alkanes of at least 4 members (excludes halogenated alkanes) is 1. The highest BCUT2D eigenvalue weighted by atomic mass is 16.5. The Morgan fingerprint density at radius 1 is 1.25 bits per heavy atom. The molecule has 1 aromatic rings. The van der Waals surface area contributed by atoms with E-state index in [-0.39, 0.29) is 0 Å². The van der Waals surface area contributed by atoms with Gasteiger partial charge in [-0.05, 0) is 44.4 Å². The SMILES string of the molecule is CCCC[C@]1(C)NC(=O)N(CC(=O)OCC(=O)Nc2cc(C)ccc2C)C1=O. The van der Waals surface area contributed by atoms with E-state index in [2.05, 4.69) is 10.6 Å². The third kappa shape index (κ3) is 5.09. The van der Waals surface area contributed by atoms with E-state index in [0.29, 0.717) is 12.1 Å². The first kappa shape index (κ1) is 21.4. The van der Waals surface area contributed by atoms with Gasteiger partial charge in [-0.3, -0.25) is 19.3 Å². The molecular weight excluding hydrogens is 362 g/mol. The molecular formula is C20H27N3O5. The molecule has 0 spiro atoms. The fraction of sp³-hybridized carbons (Fsp3) is 0.500. The van der Waals surface area contributed by atoms with Crippen molar-refractivity contribution in [3.05, 3.63) is 29.3 Å². The molecule has 0 saturated carbocycles. The molecule has 0 radical (unpaired) electrons. The van der Waals surface area contributed by atoms with Crippen LogP contribution in [-0.2, 0) is 19.1 Å². The van der Waals surface area contributed by atoms with Crippen molar-refractivity contribution < 1.29 is 23.9 Å². The Morgan fingerprint density at radius 2 is 1.96 bits per heavy atom. The Balaban J connectivity index is 1.86. The molecule has 0 aromatic heterocycles. The van der Waals surface area contributed by atoms with E-state index in [4.69, 9.17) is 4.74 Å². The molecule has 1 aromatic carbocycles. The van der Waals surface area contributed by atoms with Crippen molar-refractivity contribution in [2.45, 2.75) is 52.5 Å². The van der Waals surface area contributed by atoms with Gasteiger partial charge in [0.15, 0.2) is 6.61 Å². The second-order valence-corrected chi connectivity index (χ2v) is 7.28. The van der Waals surface area contributed by atoms with E-state index >= 15 is 0 Å². The number of carbonyl (C=O) groups is 4. The van der Waals surface area contributed by atoms with E-state index in [0.717, 1.165) is 28.9 Å². The van der Waals surface area contributed by atoms with Crippen LogP contribution >= 0.6 is 0 Å². The summed E-state index contributed by atoms with van der Waals surface area (Å²) < 4.78 is 4.93. The van der Waals surface area contributed by atoms with Crippen LogP contribution in [-0.4, -0.2) is 47.4 Å². The molecule has 0 aliphatic carbocycles. The number of carbonyl (C=O) groups excluding carboxylic acids is 4. The van der Waals surface area contributed by atoms with Gasteiger partial charge < -0.3 is 15.4 Å². The van der Waals surface area contributed by atoms with Gasteiger partial charge in [0.05, 0.1) is 0 Å². The highest BCUT2D eigenvalue weighted by molar-refractivity contribution is 6.08. The number of aryl methyl sites for hydroxylation is 2. The lowest BCUT2D eigenvalue weighted by Crippen LogP contribution is -2.44. The molecule has 1 heterocycles. The zero-order chi connectivity index (χ0) is 20.9. The number of esters is 1. The summed E-state index contributed by atoms with van der Waals surface area (Å²) in [4.78, 5) is 49.4. The molecule has 1 aliphatic heterocycles. The zero-order valence-electron chi connectivity index (χ0n) is 16.8. The van der Waals surface area contributed by atoms with Crippen molar-refractivity contribution in [3.8, 4) is 0 Å². The van der Waals surface area contributed by atoms with Crippen LogP contribution in [0.25, 0.3) is 0 Å². The van der Waals surface area contributed by atoms with Gasteiger partial charge in [-0.2, -0.15) is 0 Å². The molecule has 8 heteroatoms. The third-order valence-corrected chi connectivity index (χ3v) is 4.69. The number of anilines is 1. The molecule has 4 amide bonds. The molecule has 2 N–H and O–H groups in total. The lowest BCUT2D eigenvalue weighted by Gasteiger charge is -2.21. The predicted molar refractivity (Wildman–Crippen MR) is 104 cm³/mol. The number of ether oxygens (including phenoxy) is 1. The maximum Gasteiger partial charge on any atom is 0.326 e. The summed E-state index contributed by atoms with van der Waals surface area (Å²) in [6, 6.07) is 5.00. The molecule has 1 fully saturated rings. The second-order valence-electron chi connectivity index (χ2n) is 7.28. The quantitative estimate of drug-likeness (QED) is 0.524. The monoisotopic (exact) mass is 389 g/mol. The normalized spacial score (nSPS) is 18.8. The molecule has 1 aliphatic rings. The van der Waals surface area contributed by atoms with Crippen molar-refractivity contribution in [2.75, 3.05) is 18.5 Å². The number of hydrogen-bond donors (Lipinski definition) is 2. The maximum absolute atomic E-state index is 12.5. The van der Waals surface area contributed by atoms with Gasteiger partial charge in [0.25, 0.3) is 11.8 Å². The van der Waals surface area contributed by atoms with E-state index < -0.39 is 42.5 Å². The number of rotatable bonds is 8. The smallest absolute Gasteiger partial charge is 0.326 e. The minimum absolute atomic E-state index is 0.456. The lowest BCUT2D eigenvalue weighted by molar-refractivity contribution is -0.150. The number of nitrogens with one attached hydrogen (secondary N) is 2. The van der Waals surface area contributed by atoms with E-state index in [1.54, 1.807) is 6.92 Å². The largest absolute Gasteiger partial charge is 0.454 e. The van der Waals surface area contributed by atoms with Crippen molar-refractivity contribution in [1.29, 1.82) is 0 Å². The summed E-state index contributed by atoms with van der Waals surface area (Å²) >= 11 is 0. The van der Waals surface area contributed by atoms with Gasteiger partial charge in [-0.1, -0.05) is 31.9 Å².